The van der Waals surface area contributed by atoms with Crippen molar-refractivity contribution in [3.63, 3.8) is 0 Å². The van der Waals surface area contributed by atoms with E-state index in [2.05, 4.69) is 10.5 Å². The summed E-state index contributed by atoms with van der Waals surface area (Å²) in [5.41, 5.74) is 6.81. The molecule has 1 aliphatic carbocycles. The Balaban J connectivity index is 1.63. The highest BCUT2D eigenvalue weighted by atomic mass is 16.5. The molecule has 1 fully saturated rings. The molecule has 0 bridgehead atoms. The highest BCUT2D eigenvalue weighted by Crippen LogP contribution is 2.27. The number of benzene rings is 1. The number of hydrogen-bond acceptors (Lipinski definition) is 4. The Bertz CT molecular complexity index is 705. The Hall–Kier alpha value is -2.18. The molecule has 6 nitrogen and oxygen atoms in total. The number of nitrogens with one attached hydrogen (secondary N) is 1. The fraction of sp³-hybridized carbons (Fsp3) is 0.412. The molecule has 1 aliphatic heterocycles. The summed E-state index contributed by atoms with van der Waals surface area (Å²) in [6.07, 6.45) is 2.98. The van der Waals surface area contributed by atoms with Crippen molar-refractivity contribution in [2.75, 3.05) is 26.3 Å². The minimum Gasteiger partial charge on any atom is -0.379 e. The van der Waals surface area contributed by atoms with Crippen LogP contribution < -0.4 is 5.43 Å². The lowest BCUT2D eigenvalue weighted by Crippen LogP contribution is -2.48. The molecular weight excluding hydrogens is 292 g/mol. The van der Waals surface area contributed by atoms with Gasteiger partial charge in [-0.05, 0) is 31.4 Å². The summed E-state index contributed by atoms with van der Waals surface area (Å²) in [4.78, 5) is 12.6. The van der Waals surface area contributed by atoms with Crippen LogP contribution in [0, 0.1) is 0 Å². The second-order valence-corrected chi connectivity index (χ2v) is 5.92. The number of hydrogen-bond donors (Lipinski definition) is 1. The highest BCUT2D eigenvalue weighted by molar-refractivity contribution is 5.94. The van der Waals surface area contributed by atoms with Crippen molar-refractivity contribution in [2.24, 2.45) is 0 Å². The van der Waals surface area contributed by atoms with Crippen LogP contribution in [0.15, 0.2) is 30.3 Å². The lowest BCUT2D eigenvalue weighted by Gasteiger charge is -2.26. The number of nitrogens with zero attached hydrogens (tertiary/aromatic N) is 3. The van der Waals surface area contributed by atoms with Crippen LogP contribution >= 0.6 is 0 Å². The maximum absolute atomic E-state index is 12.6. The van der Waals surface area contributed by atoms with Crippen molar-refractivity contribution in [3.8, 4) is 5.69 Å². The molecule has 0 atom stereocenters. The van der Waals surface area contributed by atoms with Gasteiger partial charge in [0.15, 0.2) is 5.69 Å². The van der Waals surface area contributed by atoms with Crippen LogP contribution in [0.1, 0.15) is 28.2 Å². The average Bonchev–Trinajstić information content (AvgIpc) is 3.18. The van der Waals surface area contributed by atoms with Gasteiger partial charge in [-0.1, -0.05) is 18.2 Å². The van der Waals surface area contributed by atoms with Gasteiger partial charge in [-0.3, -0.25) is 10.2 Å². The smallest absolute Gasteiger partial charge is 0.286 e. The molecular formula is C17H20N4O2. The summed E-state index contributed by atoms with van der Waals surface area (Å²) in [5, 5.41) is 6.53. The van der Waals surface area contributed by atoms with Gasteiger partial charge in [0.2, 0.25) is 0 Å². The van der Waals surface area contributed by atoms with Gasteiger partial charge in [0.05, 0.1) is 18.9 Å². The zero-order valence-corrected chi connectivity index (χ0v) is 13.0. The molecule has 1 aromatic carbocycles. The fourth-order valence-electron chi connectivity index (χ4n) is 3.27. The first-order chi connectivity index (χ1) is 11.3. The standard InChI is InChI=1S/C17H20N4O2/c22-17(19-20-9-11-23-12-10-20)16-14-7-4-8-15(14)21(18-16)13-5-2-1-3-6-13/h1-3,5-6H,4,7-12H2,(H,19,22). The molecule has 1 N–H and O–H groups in total. The normalized spacial score (nSPS) is 17.9. The topological polar surface area (TPSA) is 59.4 Å². The number of rotatable bonds is 3. The molecule has 6 heteroatoms. The van der Waals surface area contributed by atoms with E-state index in [1.54, 1.807) is 0 Å². The Labute approximate surface area is 135 Å². The Kier molecular flexibility index (Phi) is 3.85. The van der Waals surface area contributed by atoms with Gasteiger partial charge in [-0.25, -0.2) is 9.69 Å². The molecule has 1 aromatic heterocycles. The number of carbonyl (C=O) groups excluding carboxylic acids is 1. The van der Waals surface area contributed by atoms with Gasteiger partial charge in [0.1, 0.15) is 0 Å². The van der Waals surface area contributed by atoms with Crippen molar-refractivity contribution in [2.45, 2.75) is 19.3 Å². The molecule has 0 spiro atoms. The van der Waals surface area contributed by atoms with Gasteiger partial charge in [-0.15, -0.1) is 0 Å². The van der Waals surface area contributed by atoms with Crippen molar-refractivity contribution >= 4 is 5.91 Å². The van der Waals surface area contributed by atoms with E-state index in [0.717, 1.165) is 30.5 Å². The molecule has 2 aliphatic rings. The van der Waals surface area contributed by atoms with E-state index in [4.69, 9.17) is 4.74 Å². The van der Waals surface area contributed by atoms with Gasteiger partial charge >= 0.3 is 0 Å². The molecule has 0 radical (unpaired) electrons. The SMILES string of the molecule is O=C(NN1CCOCC1)c1nn(-c2ccccc2)c2c1CCC2. The molecule has 0 saturated carbocycles. The maximum Gasteiger partial charge on any atom is 0.286 e. The van der Waals surface area contributed by atoms with Crippen LogP contribution in [0.2, 0.25) is 0 Å². The summed E-state index contributed by atoms with van der Waals surface area (Å²) < 4.78 is 7.24. The lowest BCUT2D eigenvalue weighted by atomic mass is 10.2. The summed E-state index contributed by atoms with van der Waals surface area (Å²) in [7, 11) is 0. The van der Waals surface area contributed by atoms with Crippen LogP contribution in [-0.4, -0.2) is 47.0 Å². The van der Waals surface area contributed by atoms with E-state index < -0.39 is 0 Å². The molecule has 120 valence electrons. The van der Waals surface area contributed by atoms with Crippen molar-refractivity contribution in [1.29, 1.82) is 0 Å². The molecule has 2 heterocycles. The number of fused-ring (bicyclic) bond motifs is 1. The van der Waals surface area contributed by atoms with Crippen LogP contribution in [-0.2, 0) is 17.6 Å². The van der Waals surface area contributed by atoms with E-state index >= 15 is 0 Å². The van der Waals surface area contributed by atoms with E-state index in [0.29, 0.717) is 32.0 Å². The van der Waals surface area contributed by atoms with E-state index in [1.165, 1.54) is 5.69 Å². The summed E-state index contributed by atoms with van der Waals surface area (Å²) in [6.45, 7) is 2.73. The number of aromatic nitrogens is 2. The average molecular weight is 312 g/mol. The Morgan fingerprint density at radius 2 is 1.91 bits per heavy atom. The highest BCUT2D eigenvalue weighted by Gasteiger charge is 2.27. The van der Waals surface area contributed by atoms with E-state index in [9.17, 15) is 4.79 Å². The molecule has 1 amide bonds. The minimum absolute atomic E-state index is 0.111. The first-order valence-electron chi connectivity index (χ1n) is 8.13. The third-order valence-electron chi connectivity index (χ3n) is 4.42. The van der Waals surface area contributed by atoms with Gasteiger partial charge in [-0.2, -0.15) is 5.10 Å². The Morgan fingerprint density at radius 1 is 1.13 bits per heavy atom. The fourth-order valence-corrected chi connectivity index (χ4v) is 3.27. The largest absolute Gasteiger partial charge is 0.379 e. The van der Waals surface area contributed by atoms with E-state index in [-0.39, 0.29) is 5.91 Å². The number of para-hydroxylation sites is 1. The number of carbonyl (C=O) groups is 1. The van der Waals surface area contributed by atoms with Crippen LogP contribution in [0.5, 0.6) is 0 Å². The number of ether oxygens (including phenoxy) is 1. The quantitative estimate of drug-likeness (QED) is 0.929. The van der Waals surface area contributed by atoms with Gasteiger partial charge in [0.25, 0.3) is 5.91 Å². The van der Waals surface area contributed by atoms with Crippen molar-refractivity contribution in [3.05, 3.63) is 47.3 Å². The third kappa shape index (κ3) is 2.75. The molecule has 1 saturated heterocycles. The predicted molar refractivity (Wildman–Crippen MR) is 85.4 cm³/mol. The van der Waals surface area contributed by atoms with Crippen LogP contribution in [0.4, 0.5) is 0 Å². The summed E-state index contributed by atoms with van der Waals surface area (Å²) >= 11 is 0. The molecule has 23 heavy (non-hydrogen) atoms. The number of morpholine rings is 1. The zero-order valence-electron chi connectivity index (χ0n) is 13.0. The van der Waals surface area contributed by atoms with Gasteiger partial charge in [0, 0.05) is 24.3 Å². The minimum atomic E-state index is -0.111. The third-order valence-corrected chi connectivity index (χ3v) is 4.42. The Morgan fingerprint density at radius 3 is 2.70 bits per heavy atom. The second-order valence-electron chi connectivity index (χ2n) is 5.92. The van der Waals surface area contributed by atoms with Crippen LogP contribution in [0.3, 0.4) is 0 Å². The first kappa shape index (κ1) is 14.4. The predicted octanol–water partition coefficient (Wildman–Crippen LogP) is 1.34. The lowest BCUT2D eigenvalue weighted by molar-refractivity contribution is 0.0124. The maximum atomic E-state index is 12.6. The van der Waals surface area contributed by atoms with Crippen LogP contribution in [0.25, 0.3) is 5.69 Å². The molecule has 0 unspecified atom stereocenters. The second kappa shape index (κ2) is 6.14. The molecule has 2 aromatic rings. The molecule has 4 rings (SSSR count). The monoisotopic (exact) mass is 312 g/mol. The zero-order chi connectivity index (χ0) is 15.6. The summed E-state index contributed by atoms with van der Waals surface area (Å²) in [6, 6.07) is 10.0. The first-order valence-corrected chi connectivity index (χ1v) is 8.13. The van der Waals surface area contributed by atoms with Gasteiger partial charge < -0.3 is 4.74 Å². The van der Waals surface area contributed by atoms with Crippen molar-refractivity contribution in [1.82, 2.24) is 20.2 Å². The number of hydrazine groups is 1. The van der Waals surface area contributed by atoms with E-state index in [1.807, 2.05) is 40.0 Å². The summed E-state index contributed by atoms with van der Waals surface area (Å²) in [5.74, 6) is -0.111. The number of amides is 1. The van der Waals surface area contributed by atoms with Crippen molar-refractivity contribution < 1.29 is 9.53 Å².